The number of anilines is 2. The molecule has 4 fully saturated rings. The first-order valence-electron chi connectivity index (χ1n) is 14.3. The number of carbonyl (C=O) groups is 1. The molecule has 2 aliphatic carbocycles. The summed E-state index contributed by atoms with van der Waals surface area (Å²) in [6.45, 7) is 8.72. The highest BCUT2D eigenvalue weighted by molar-refractivity contribution is 6.32. The molecule has 0 spiro atoms. The molecule has 4 aliphatic rings. The molecular weight excluding hydrogens is 555 g/mol. The fourth-order valence-corrected chi connectivity index (χ4v) is 7.97. The second-order valence-corrected chi connectivity index (χ2v) is 13.5. The normalized spacial score (nSPS) is 27.9. The lowest BCUT2D eigenvalue weighted by Gasteiger charge is -2.21. The topological polar surface area (TPSA) is 70.8 Å². The fourth-order valence-electron chi connectivity index (χ4n) is 7.53. The summed E-state index contributed by atoms with van der Waals surface area (Å²) >= 11 is 12.7. The van der Waals surface area contributed by atoms with E-state index in [1.165, 1.54) is 36.1 Å². The van der Waals surface area contributed by atoms with Crippen LogP contribution in [0.4, 0.5) is 16.2 Å². The number of likely N-dealkylation sites (N-methyl/N-ethyl adjacent to an activating group) is 2. The number of halogens is 2. The van der Waals surface area contributed by atoms with Gasteiger partial charge in [-0.3, -0.25) is 5.32 Å². The van der Waals surface area contributed by atoms with Crippen LogP contribution in [0, 0.1) is 25.7 Å². The number of piperidine rings is 2. The molecule has 0 aromatic heterocycles. The second-order valence-electron chi connectivity index (χ2n) is 12.6. The van der Waals surface area contributed by atoms with Crippen LogP contribution in [0.3, 0.4) is 0 Å². The van der Waals surface area contributed by atoms with Crippen LogP contribution in [0.25, 0.3) is 0 Å². The third-order valence-electron chi connectivity index (χ3n) is 9.62. The third kappa shape index (κ3) is 5.32. The maximum absolute atomic E-state index is 12.2. The van der Waals surface area contributed by atoms with Crippen LogP contribution in [0.15, 0.2) is 54.6 Å². The molecule has 2 saturated carbocycles. The third-order valence-corrected chi connectivity index (χ3v) is 10.4. The summed E-state index contributed by atoms with van der Waals surface area (Å²) in [6, 6.07) is 16.9. The van der Waals surface area contributed by atoms with Gasteiger partial charge in [0.1, 0.15) is 5.75 Å². The summed E-state index contributed by atoms with van der Waals surface area (Å²) in [7, 11) is 4.35. The molecule has 3 aromatic rings. The van der Waals surface area contributed by atoms with Gasteiger partial charge in [-0.15, -0.1) is 0 Å². The summed E-state index contributed by atoms with van der Waals surface area (Å²) in [6.07, 6.45) is 2.00. The van der Waals surface area contributed by atoms with E-state index in [4.69, 9.17) is 33.7 Å². The number of para-hydroxylation sites is 1. The zero-order valence-corrected chi connectivity index (χ0v) is 25.6. The number of rotatable bonds is 4. The predicted octanol–water partition coefficient (Wildman–Crippen LogP) is 6.90. The Morgan fingerprint density at radius 1 is 0.878 bits per heavy atom. The number of carbonyl (C=O) groups excluding carboxylic acids is 1. The molecule has 3 N–H and O–H groups in total. The summed E-state index contributed by atoms with van der Waals surface area (Å²) in [5, 5.41) is 4.30. The Labute approximate surface area is 252 Å². The number of nitrogens with two attached hydrogens (primary N) is 1. The van der Waals surface area contributed by atoms with E-state index in [1.807, 2.05) is 24.3 Å². The van der Waals surface area contributed by atoms with Crippen molar-refractivity contribution >= 4 is 40.7 Å². The van der Waals surface area contributed by atoms with Crippen molar-refractivity contribution in [3.05, 3.63) is 86.9 Å². The largest absolute Gasteiger partial charge is 0.417 e. The monoisotopic (exact) mass is 592 g/mol. The Morgan fingerprint density at radius 3 is 1.95 bits per heavy atom. The van der Waals surface area contributed by atoms with Gasteiger partial charge in [-0.1, -0.05) is 41.4 Å². The van der Waals surface area contributed by atoms with Crippen LogP contribution in [-0.2, 0) is 10.8 Å². The first-order chi connectivity index (χ1) is 19.5. The summed E-state index contributed by atoms with van der Waals surface area (Å²) < 4.78 is 5.31. The van der Waals surface area contributed by atoms with Gasteiger partial charge in [0.25, 0.3) is 0 Å². The molecule has 8 heteroatoms. The van der Waals surface area contributed by atoms with Crippen molar-refractivity contribution in [2.75, 3.05) is 51.3 Å². The number of ether oxygens (including phenoxy) is 1. The Hall–Kier alpha value is -2.77. The molecule has 4 atom stereocenters. The van der Waals surface area contributed by atoms with Crippen molar-refractivity contribution < 1.29 is 9.53 Å². The van der Waals surface area contributed by atoms with Gasteiger partial charge in [-0.25, -0.2) is 4.79 Å². The molecule has 0 bridgehead atoms. The van der Waals surface area contributed by atoms with E-state index in [2.05, 4.69) is 55.2 Å². The lowest BCUT2D eigenvalue weighted by Crippen LogP contribution is -2.23. The highest BCUT2D eigenvalue weighted by atomic mass is 35.5. The molecule has 1 amide bonds. The van der Waals surface area contributed by atoms with Gasteiger partial charge < -0.3 is 20.3 Å². The summed E-state index contributed by atoms with van der Waals surface area (Å²) in [4.78, 5) is 16.9. The van der Waals surface area contributed by atoms with Crippen molar-refractivity contribution in [2.45, 2.75) is 37.5 Å². The van der Waals surface area contributed by atoms with E-state index >= 15 is 0 Å². The van der Waals surface area contributed by atoms with E-state index in [-0.39, 0.29) is 5.41 Å². The maximum Gasteiger partial charge on any atom is 0.417 e. The molecule has 2 heterocycles. The molecule has 3 aromatic carbocycles. The van der Waals surface area contributed by atoms with Crippen molar-refractivity contribution in [3.63, 3.8) is 0 Å². The number of amides is 1. The van der Waals surface area contributed by atoms with E-state index in [1.54, 1.807) is 18.2 Å². The van der Waals surface area contributed by atoms with E-state index < -0.39 is 6.09 Å². The molecule has 6 nitrogen and oxygen atoms in total. The Morgan fingerprint density at radius 2 is 1.41 bits per heavy atom. The number of benzene rings is 3. The Balaban J connectivity index is 0.000000162. The lowest BCUT2D eigenvalue weighted by molar-refractivity contribution is 0.215. The van der Waals surface area contributed by atoms with Gasteiger partial charge in [-0.05, 0) is 111 Å². The minimum atomic E-state index is -0.509. The van der Waals surface area contributed by atoms with Crippen LogP contribution in [0.2, 0.25) is 10.0 Å². The van der Waals surface area contributed by atoms with Crippen LogP contribution in [0.5, 0.6) is 5.75 Å². The van der Waals surface area contributed by atoms with Gasteiger partial charge >= 0.3 is 6.09 Å². The number of hydrogen-bond acceptors (Lipinski definition) is 5. The number of hydrogen-bond donors (Lipinski definition) is 2. The van der Waals surface area contributed by atoms with Crippen molar-refractivity contribution in [2.24, 2.45) is 11.8 Å². The minimum Gasteiger partial charge on any atom is -0.410 e. The zero-order chi connectivity index (χ0) is 29.1. The molecule has 2 saturated heterocycles. The van der Waals surface area contributed by atoms with Crippen LogP contribution in [0.1, 0.15) is 35.1 Å². The summed E-state index contributed by atoms with van der Waals surface area (Å²) in [5.41, 5.74) is 12.9. The van der Waals surface area contributed by atoms with Gasteiger partial charge in [-0.2, -0.15) is 0 Å². The van der Waals surface area contributed by atoms with Gasteiger partial charge in [0.2, 0.25) is 0 Å². The van der Waals surface area contributed by atoms with E-state index in [0.717, 1.165) is 41.8 Å². The standard InChI is InChI=1S/C20H21ClN2O2.C13H17ClN2/c1-13-17(20-10-14(20)11-23(2)12-20)8-15(9-18(13)21)22-19(24)25-16-6-4-3-5-7-16;1-8-11(3-10(15)4-12(8)14)13-5-9(13)6-16(2)7-13/h3-9,14H,10-12H2,1-2H3,(H,22,24);3-4,9H,5-7,15H2,1-2H3. The average molecular weight is 594 g/mol. The fraction of sp³-hybridized carbons (Fsp3) is 0.424. The van der Waals surface area contributed by atoms with E-state index in [9.17, 15) is 4.79 Å². The summed E-state index contributed by atoms with van der Waals surface area (Å²) in [5.74, 6) is 2.02. The molecular formula is C33H38Cl2N4O2. The first-order valence-corrected chi connectivity index (χ1v) is 15.0. The highest BCUT2D eigenvalue weighted by Crippen LogP contribution is 2.61. The van der Waals surface area contributed by atoms with Gasteiger partial charge in [0.05, 0.1) is 0 Å². The molecule has 0 radical (unpaired) electrons. The van der Waals surface area contributed by atoms with Gasteiger partial charge in [0.15, 0.2) is 0 Å². The average Bonchev–Trinajstić information content (AvgIpc) is 3.71. The number of nitrogens with zero attached hydrogens (tertiary/aromatic N) is 2. The van der Waals surface area contributed by atoms with Crippen LogP contribution < -0.4 is 15.8 Å². The predicted molar refractivity (Wildman–Crippen MR) is 167 cm³/mol. The zero-order valence-electron chi connectivity index (χ0n) is 24.1. The molecule has 4 unspecified atom stereocenters. The number of likely N-dealkylation sites (tertiary alicyclic amines) is 2. The molecule has 7 rings (SSSR count). The Bertz CT molecular complexity index is 1500. The SMILES string of the molecule is Cc1c(Cl)cc(N)cc1C12CC1CN(C)C2.Cc1c(Cl)cc(NC(=O)Oc2ccccc2)cc1C12CC1CN(C)C2. The number of fused-ring (bicyclic) bond motifs is 2. The number of nitrogen functional groups attached to an aromatic ring is 1. The Kier molecular flexibility index (Phi) is 7.26. The minimum absolute atomic E-state index is 0.198. The maximum atomic E-state index is 12.2. The number of nitrogens with one attached hydrogen (secondary N) is 1. The highest BCUT2D eigenvalue weighted by Gasteiger charge is 2.61. The smallest absolute Gasteiger partial charge is 0.410 e. The molecule has 41 heavy (non-hydrogen) atoms. The second kappa shape index (κ2) is 10.5. The van der Waals surface area contributed by atoms with E-state index in [0.29, 0.717) is 27.8 Å². The molecule has 2 aliphatic heterocycles. The van der Waals surface area contributed by atoms with Crippen LogP contribution in [-0.4, -0.2) is 56.2 Å². The quantitative estimate of drug-likeness (QED) is 0.322. The lowest BCUT2D eigenvalue weighted by atomic mass is 9.90. The van der Waals surface area contributed by atoms with Crippen molar-refractivity contribution in [1.82, 2.24) is 9.80 Å². The van der Waals surface area contributed by atoms with Gasteiger partial charge in [0, 0.05) is 58.4 Å². The van der Waals surface area contributed by atoms with Crippen molar-refractivity contribution in [1.29, 1.82) is 0 Å². The molecule has 216 valence electrons. The van der Waals surface area contributed by atoms with Crippen LogP contribution >= 0.6 is 23.2 Å². The van der Waals surface area contributed by atoms with Crippen molar-refractivity contribution in [3.8, 4) is 5.75 Å². The first kappa shape index (κ1) is 28.4.